The zero-order valence-corrected chi connectivity index (χ0v) is 13.6. The maximum Gasteiger partial charge on any atom is 0.209 e. The molecule has 1 atom stereocenters. The van der Waals surface area contributed by atoms with Gasteiger partial charge in [-0.2, -0.15) is 0 Å². The van der Waals surface area contributed by atoms with E-state index < -0.39 is 0 Å². The molecule has 1 unspecified atom stereocenters. The predicted octanol–water partition coefficient (Wildman–Crippen LogP) is 0.105. The molecule has 0 bridgehead atoms. The highest BCUT2D eigenvalue weighted by atomic mass is 32.2. The Bertz CT molecular complexity index is 415. The van der Waals surface area contributed by atoms with Crippen molar-refractivity contribution in [1.29, 1.82) is 0 Å². The second-order valence-corrected chi connectivity index (χ2v) is 5.73. The number of hydrogen-bond donors (Lipinski definition) is 0. The van der Waals surface area contributed by atoms with Crippen LogP contribution in [-0.4, -0.2) is 83.7 Å². The van der Waals surface area contributed by atoms with Gasteiger partial charge in [0.05, 0.1) is 19.3 Å². The van der Waals surface area contributed by atoms with Gasteiger partial charge in [0.15, 0.2) is 6.29 Å². The molecule has 9 heteroatoms. The van der Waals surface area contributed by atoms with Gasteiger partial charge in [-0.3, -0.25) is 4.90 Å². The molecule has 0 spiro atoms. The third kappa shape index (κ3) is 4.89. The van der Waals surface area contributed by atoms with Crippen molar-refractivity contribution in [2.45, 2.75) is 31.0 Å². The van der Waals surface area contributed by atoms with Gasteiger partial charge in [-0.15, -0.1) is 5.10 Å². The van der Waals surface area contributed by atoms with Crippen molar-refractivity contribution in [3.05, 3.63) is 0 Å². The molecule has 120 valence electrons. The van der Waals surface area contributed by atoms with Crippen molar-refractivity contribution in [1.82, 2.24) is 25.1 Å². The van der Waals surface area contributed by atoms with Crippen molar-refractivity contribution in [2.24, 2.45) is 0 Å². The Hall–Kier alpha value is -0.740. The number of rotatable bonds is 8. The zero-order valence-electron chi connectivity index (χ0n) is 12.8. The first-order valence-electron chi connectivity index (χ1n) is 7.05. The molecule has 1 fully saturated rings. The number of methoxy groups -OCH3 is 2. The van der Waals surface area contributed by atoms with Gasteiger partial charge in [-0.25, -0.2) is 4.68 Å². The summed E-state index contributed by atoms with van der Waals surface area (Å²) in [6.07, 6.45) is -0.135. The van der Waals surface area contributed by atoms with Crippen LogP contribution in [0.25, 0.3) is 0 Å². The van der Waals surface area contributed by atoms with Crippen molar-refractivity contribution in [3.63, 3.8) is 0 Å². The highest BCUT2D eigenvalue weighted by Gasteiger charge is 2.21. The van der Waals surface area contributed by atoms with Crippen LogP contribution in [0.1, 0.15) is 6.92 Å². The van der Waals surface area contributed by atoms with Crippen LogP contribution in [0, 0.1) is 0 Å². The molecule has 1 saturated heterocycles. The fourth-order valence-corrected chi connectivity index (χ4v) is 3.03. The summed E-state index contributed by atoms with van der Waals surface area (Å²) >= 11 is 1.60. The van der Waals surface area contributed by atoms with E-state index >= 15 is 0 Å². The van der Waals surface area contributed by atoms with E-state index in [4.69, 9.17) is 14.2 Å². The van der Waals surface area contributed by atoms with Crippen LogP contribution in [0.15, 0.2) is 5.16 Å². The Balaban J connectivity index is 1.84. The lowest BCUT2D eigenvalue weighted by Gasteiger charge is -2.31. The average Bonchev–Trinajstić information content (AvgIpc) is 2.98. The lowest BCUT2D eigenvalue weighted by molar-refractivity contribution is -0.113. The number of aromatic nitrogens is 4. The summed E-state index contributed by atoms with van der Waals surface area (Å²) in [6, 6.07) is 0. The largest absolute Gasteiger partial charge is 0.375 e. The van der Waals surface area contributed by atoms with Gasteiger partial charge < -0.3 is 14.2 Å². The van der Waals surface area contributed by atoms with E-state index in [1.807, 2.05) is 0 Å². The molecule has 21 heavy (non-hydrogen) atoms. The van der Waals surface area contributed by atoms with E-state index in [9.17, 15) is 0 Å². The van der Waals surface area contributed by atoms with Crippen LogP contribution in [0.3, 0.4) is 0 Å². The molecule has 2 heterocycles. The molecule has 0 N–H and O–H groups in total. The Morgan fingerprint density at radius 1 is 1.43 bits per heavy atom. The number of nitrogens with zero attached hydrogens (tertiary/aromatic N) is 5. The number of hydrogen-bond acceptors (Lipinski definition) is 8. The van der Waals surface area contributed by atoms with Gasteiger partial charge in [0, 0.05) is 33.1 Å². The van der Waals surface area contributed by atoms with E-state index in [0.29, 0.717) is 6.54 Å². The van der Waals surface area contributed by atoms with Gasteiger partial charge >= 0.3 is 0 Å². The minimum Gasteiger partial charge on any atom is -0.375 e. The van der Waals surface area contributed by atoms with Gasteiger partial charge in [0.2, 0.25) is 5.16 Å². The van der Waals surface area contributed by atoms with E-state index in [2.05, 4.69) is 27.3 Å². The first-order chi connectivity index (χ1) is 10.3. The van der Waals surface area contributed by atoms with Crippen LogP contribution >= 0.6 is 11.8 Å². The molecule has 0 saturated carbocycles. The normalized spacial score (nSPS) is 20.3. The highest BCUT2D eigenvalue weighted by Crippen LogP contribution is 2.18. The van der Waals surface area contributed by atoms with Crippen molar-refractivity contribution in [3.8, 4) is 0 Å². The third-order valence-corrected chi connectivity index (χ3v) is 4.50. The quantitative estimate of drug-likeness (QED) is 0.494. The second-order valence-electron chi connectivity index (χ2n) is 4.74. The van der Waals surface area contributed by atoms with Crippen LogP contribution < -0.4 is 0 Å². The summed E-state index contributed by atoms with van der Waals surface area (Å²) in [4.78, 5) is 2.39. The fourth-order valence-electron chi connectivity index (χ4n) is 2.14. The molecule has 0 radical (unpaired) electrons. The lowest BCUT2D eigenvalue weighted by atomic mass is 10.3. The number of likely N-dealkylation sites (N-methyl/N-ethyl adjacent to an activating group) is 1. The number of ether oxygens (including phenoxy) is 3. The van der Waals surface area contributed by atoms with Crippen molar-refractivity contribution < 1.29 is 14.2 Å². The van der Waals surface area contributed by atoms with Gasteiger partial charge in [-0.05, 0) is 17.0 Å². The zero-order chi connectivity index (χ0) is 15.1. The summed E-state index contributed by atoms with van der Waals surface area (Å²) < 4.78 is 17.8. The van der Waals surface area contributed by atoms with Gasteiger partial charge in [0.25, 0.3) is 0 Å². The average molecular weight is 317 g/mol. The fraction of sp³-hybridized carbons (Fsp3) is 0.917. The molecule has 2 rings (SSSR count). The Morgan fingerprint density at radius 3 is 2.95 bits per heavy atom. The van der Waals surface area contributed by atoms with Crippen LogP contribution in [0.2, 0.25) is 0 Å². The Labute approximate surface area is 129 Å². The summed E-state index contributed by atoms with van der Waals surface area (Å²) in [5.41, 5.74) is 0. The number of tetrazole rings is 1. The Morgan fingerprint density at radius 2 is 2.24 bits per heavy atom. The summed E-state index contributed by atoms with van der Waals surface area (Å²) in [6.45, 7) is 6.47. The molecule has 1 aliphatic rings. The smallest absolute Gasteiger partial charge is 0.209 e. The van der Waals surface area contributed by atoms with E-state index in [-0.39, 0.29) is 12.4 Å². The lowest BCUT2D eigenvalue weighted by Crippen LogP contribution is -2.43. The summed E-state index contributed by atoms with van der Waals surface area (Å²) in [5.74, 6) is 0.835. The number of thioether (sulfide) groups is 1. The molecule has 0 aromatic carbocycles. The standard InChI is InChI=1S/C12H23N5O3S/c1-4-16-5-6-20-10(7-16)9-21-12-13-14-15-17(12)8-11(18-2)19-3/h10-11H,4-9H2,1-3H3. The van der Waals surface area contributed by atoms with E-state index in [0.717, 1.165) is 37.2 Å². The maximum atomic E-state index is 5.78. The molecule has 1 aromatic rings. The monoisotopic (exact) mass is 317 g/mol. The predicted molar refractivity (Wildman–Crippen MR) is 78.2 cm³/mol. The maximum absolute atomic E-state index is 5.78. The summed E-state index contributed by atoms with van der Waals surface area (Å²) in [5, 5.41) is 12.5. The van der Waals surface area contributed by atoms with E-state index in [1.54, 1.807) is 30.7 Å². The summed E-state index contributed by atoms with van der Waals surface area (Å²) in [7, 11) is 3.20. The second kappa shape index (κ2) is 8.64. The molecule has 0 amide bonds. The Kier molecular flexibility index (Phi) is 6.84. The minimum atomic E-state index is -0.352. The van der Waals surface area contributed by atoms with Crippen LogP contribution in [0.4, 0.5) is 0 Å². The first-order valence-corrected chi connectivity index (χ1v) is 8.03. The van der Waals surface area contributed by atoms with E-state index in [1.165, 1.54) is 0 Å². The first kappa shape index (κ1) is 16.6. The van der Waals surface area contributed by atoms with Crippen LogP contribution in [0.5, 0.6) is 0 Å². The number of morpholine rings is 1. The molecule has 8 nitrogen and oxygen atoms in total. The molecule has 1 aliphatic heterocycles. The van der Waals surface area contributed by atoms with Crippen LogP contribution in [-0.2, 0) is 20.8 Å². The SMILES string of the molecule is CCN1CCOC(CSc2nnnn2CC(OC)OC)C1. The van der Waals surface area contributed by atoms with Gasteiger partial charge in [0.1, 0.15) is 0 Å². The topological polar surface area (TPSA) is 74.5 Å². The molecule has 1 aromatic heterocycles. The third-order valence-electron chi connectivity index (χ3n) is 3.42. The van der Waals surface area contributed by atoms with Crippen molar-refractivity contribution in [2.75, 3.05) is 46.2 Å². The van der Waals surface area contributed by atoms with Gasteiger partial charge in [-0.1, -0.05) is 18.7 Å². The minimum absolute atomic E-state index is 0.217. The molecular formula is C12H23N5O3S. The van der Waals surface area contributed by atoms with Crippen molar-refractivity contribution >= 4 is 11.8 Å². The highest BCUT2D eigenvalue weighted by molar-refractivity contribution is 7.99. The molecule has 0 aliphatic carbocycles. The molecular weight excluding hydrogens is 294 g/mol.